The number of halogens is 1. The van der Waals surface area contributed by atoms with Crippen LogP contribution in [-0.4, -0.2) is 51.4 Å². The molecular formula is C20H28ClN3O2S. The average Bonchev–Trinajstić information content (AvgIpc) is 3.05. The number of nitrogens with two attached hydrogens (primary N) is 1. The number of rotatable bonds is 6. The van der Waals surface area contributed by atoms with Gasteiger partial charge in [-0.05, 0) is 35.7 Å². The molecule has 1 aliphatic heterocycles. The van der Waals surface area contributed by atoms with E-state index in [4.69, 9.17) is 5.73 Å². The topological polar surface area (TPSA) is 66.6 Å². The Hall–Kier alpha value is -1.44. The summed E-state index contributed by atoms with van der Waals surface area (Å²) in [4.78, 5) is 2.71. The van der Waals surface area contributed by atoms with Crippen molar-refractivity contribution in [3.05, 3.63) is 65.7 Å². The Morgan fingerprint density at radius 3 is 2.41 bits per heavy atom. The zero-order valence-electron chi connectivity index (χ0n) is 15.8. The Bertz CT molecular complexity index is 843. The molecule has 148 valence electrons. The number of nitrogens with zero attached hydrogens (tertiary/aromatic N) is 2. The lowest BCUT2D eigenvalue weighted by Gasteiger charge is -2.17. The maximum absolute atomic E-state index is 12.4. The minimum Gasteiger partial charge on any atom is -0.330 e. The number of hydrogen-bond acceptors (Lipinski definition) is 4. The van der Waals surface area contributed by atoms with Crippen LogP contribution in [0.4, 0.5) is 0 Å². The van der Waals surface area contributed by atoms with E-state index in [9.17, 15) is 8.42 Å². The van der Waals surface area contributed by atoms with Crippen molar-refractivity contribution in [2.24, 2.45) is 11.7 Å². The van der Waals surface area contributed by atoms with Crippen molar-refractivity contribution >= 4 is 22.4 Å². The van der Waals surface area contributed by atoms with Crippen LogP contribution in [0.2, 0.25) is 0 Å². The summed E-state index contributed by atoms with van der Waals surface area (Å²) in [6.45, 7) is 3.26. The molecule has 7 heteroatoms. The van der Waals surface area contributed by atoms with Gasteiger partial charge in [-0.25, -0.2) is 12.7 Å². The van der Waals surface area contributed by atoms with Crippen LogP contribution in [0.5, 0.6) is 0 Å². The van der Waals surface area contributed by atoms with E-state index in [1.165, 1.54) is 9.87 Å². The molecule has 2 N–H and O–H groups in total. The quantitative estimate of drug-likeness (QED) is 0.796. The van der Waals surface area contributed by atoms with Gasteiger partial charge in [0.2, 0.25) is 10.0 Å². The molecule has 3 rings (SSSR count). The van der Waals surface area contributed by atoms with Crippen molar-refractivity contribution < 1.29 is 8.42 Å². The van der Waals surface area contributed by atoms with E-state index < -0.39 is 10.0 Å². The molecule has 0 unspecified atom stereocenters. The van der Waals surface area contributed by atoms with Gasteiger partial charge in [0.05, 0.1) is 4.90 Å². The molecule has 2 aromatic rings. The Kier molecular flexibility index (Phi) is 7.42. The van der Waals surface area contributed by atoms with Crippen molar-refractivity contribution in [1.82, 2.24) is 9.21 Å². The van der Waals surface area contributed by atoms with Gasteiger partial charge in [0, 0.05) is 39.6 Å². The second-order valence-corrected chi connectivity index (χ2v) is 9.29. The Balaban J connectivity index is 0.00000261. The van der Waals surface area contributed by atoms with Crippen LogP contribution in [0.3, 0.4) is 0 Å². The summed E-state index contributed by atoms with van der Waals surface area (Å²) in [6.07, 6.45) is 0. The van der Waals surface area contributed by atoms with Gasteiger partial charge < -0.3 is 5.73 Å². The molecule has 0 aromatic heterocycles. The van der Waals surface area contributed by atoms with E-state index >= 15 is 0 Å². The van der Waals surface area contributed by atoms with Crippen LogP contribution in [0.1, 0.15) is 17.0 Å². The lowest BCUT2D eigenvalue weighted by atomic mass is 9.89. The number of benzene rings is 2. The number of sulfonamides is 1. The van der Waals surface area contributed by atoms with Crippen molar-refractivity contribution in [2.45, 2.75) is 17.4 Å². The van der Waals surface area contributed by atoms with Gasteiger partial charge in [0.25, 0.3) is 0 Å². The summed E-state index contributed by atoms with van der Waals surface area (Å²) in [5.41, 5.74) is 8.36. The number of likely N-dealkylation sites (tertiary alicyclic amines) is 1. The molecule has 27 heavy (non-hydrogen) atoms. The molecule has 2 atom stereocenters. The fourth-order valence-electron chi connectivity index (χ4n) is 3.68. The predicted octanol–water partition coefficient (Wildman–Crippen LogP) is 2.53. The molecule has 0 spiro atoms. The van der Waals surface area contributed by atoms with Crippen LogP contribution >= 0.6 is 12.4 Å². The second kappa shape index (κ2) is 9.17. The molecule has 0 radical (unpaired) electrons. The molecular weight excluding hydrogens is 382 g/mol. The molecule has 1 aliphatic rings. The molecule has 0 saturated carbocycles. The van der Waals surface area contributed by atoms with Gasteiger partial charge in [-0.1, -0.05) is 42.5 Å². The highest BCUT2D eigenvalue weighted by Gasteiger charge is 2.32. The van der Waals surface area contributed by atoms with E-state index in [0.717, 1.165) is 25.2 Å². The fourth-order valence-corrected chi connectivity index (χ4v) is 4.65. The zero-order chi connectivity index (χ0) is 18.7. The molecule has 1 fully saturated rings. The third kappa shape index (κ3) is 4.89. The molecule has 0 amide bonds. The summed E-state index contributed by atoms with van der Waals surface area (Å²) >= 11 is 0. The average molecular weight is 410 g/mol. The molecule has 0 bridgehead atoms. The van der Waals surface area contributed by atoms with Crippen LogP contribution < -0.4 is 5.73 Å². The van der Waals surface area contributed by atoms with Crippen molar-refractivity contribution in [1.29, 1.82) is 0 Å². The first-order valence-electron chi connectivity index (χ1n) is 8.90. The third-order valence-electron chi connectivity index (χ3n) is 5.13. The monoisotopic (exact) mass is 409 g/mol. The standard InChI is InChI=1S/C20H27N3O2S.ClH/c1-22(2)26(24,25)19-10-6-7-16(11-19)13-23-14-18(12-21)20(15-23)17-8-4-3-5-9-17;/h3-11,18,20H,12-15,21H2,1-2H3;1H/t18-,20+;/m1./s1. The minimum absolute atomic E-state index is 0. The molecule has 1 saturated heterocycles. The van der Waals surface area contributed by atoms with E-state index in [0.29, 0.717) is 23.3 Å². The highest BCUT2D eigenvalue weighted by molar-refractivity contribution is 7.89. The summed E-state index contributed by atoms with van der Waals surface area (Å²) in [7, 11) is -0.299. The highest BCUT2D eigenvalue weighted by atomic mass is 35.5. The van der Waals surface area contributed by atoms with Crippen LogP contribution in [-0.2, 0) is 16.6 Å². The van der Waals surface area contributed by atoms with Crippen molar-refractivity contribution in [3.63, 3.8) is 0 Å². The first kappa shape index (κ1) is 21.9. The van der Waals surface area contributed by atoms with E-state index in [2.05, 4.69) is 29.2 Å². The molecule has 1 heterocycles. The molecule has 0 aliphatic carbocycles. The lowest BCUT2D eigenvalue weighted by molar-refractivity contribution is 0.316. The molecule has 5 nitrogen and oxygen atoms in total. The fraction of sp³-hybridized carbons (Fsp3) is 0.400. The zero-order valence-corrected chi connectivity index (χ0v) is 17.4. The van der Waals surface area contributed by atoms with Crippen molar-refractivity contribution in [2.75, 3.05) is 33.7 Å². The Morgan fingerprint density at radius 1 is 1.07 bits per heavy atom. The molecule has 2 aromatic carbocycles. The summed E-state index contributed by atoms with van der Waals surface area (Å²) < 4.78 is 26.0. The van der Waals surface area contributed by atoms with Crippen LogP contribution in [0, 0.1) is 5.92 Å². The van der Waals surface area contributed by atoms with Crippen LogP contribution in [0.15, 0.2) is 59.5 Å². The first-order chi connectivity index (χ1) is 12.4. The summed E-state index contributed by atoms with van der Waals surface area (Å²) in [5.74, 6) is 0.848. The maximum Gasteiger partial charge on any atom is 0.242 e. The van der Waals surface area contributed by atoms with Gasteiger partial charge >= 0.3 is 0 Å². The Morgan fingerprint density at radius 2 is 1.78 bits per heavy atom. The largest absolute Gasteiger partial charge is 0.330 e. The van der Waals surface area contributed by atoms with Gasteiger partial charge in [0.1, 0.15) is 0 Å². The van der Waals surface area contributed by atoms with E-state index in [-0.39, 0.29) is 12.4 Å². The summed E-state index contributed by atoms with van der Waals surface area (Å²) in [5, 5.41) is 0. The maximum atomic E-state index is 12.4. The minimum atomic E-state index is -3.41. The predicted molar refractivity (Wildman–Crippen MR) is 112 cm³/mol. The normalized spacial score (nSPS) is 20.6. The van der Waals surface area contributed by atoms with Gasteiger partial charge in [-0.2, -0.15) is 0 Å². The SMILES string of the molecule is CN(C)S(=O)(=O)c1cccc(CN2C[C@@H](CN)[C@H](c3ccccc3)C2)c1.Cl. The number of hydrogen-bond donors (Lipinski definition) is 1. The van der Waals surface area contributed by atoms with Crippen LogP contribution in [0.25, 0.3) is 0 Å². The van der Waals surface area contributed by atoms with Gasteiger partial charge in [-0.3, -0.25) is 4.90 Å². The van der Waals surface area contributed by atoms with E-state index in [1.807, 2.05) is 18.2 Å². The smallest absolute Gasteiger partial charge is 0.242 e. The Labute approximate surface area is 168 Å². The van der Waals surface area contributed by atoms with Gasteiger partial charge in [0.15, 0.2) is 0 Å². The highest BCUT2D eigenvalue weighted by Crippen LogP contribution is 2.33. The third-order valence-corrected chi connectivity index (χ3v) is 6.94. The summed E-state index contributed by atoms with van der Waals surface area (Å²) in [6, 6.07) is 17.7. The second-order valence-electron chi connectivity index (χ2n) is 7.14. The van der Waals surface area contributed by atoms with Gasteiger partial charge in [-0.15, -0.1) is 12.4 Å². The first-order valence-corrected chi connectivity index (χ1v) is 10.3. The lowest BCUT2D eigenvalue weighted by Crippen LogP contribution is -2.24. The van der Waals surface area contributed by atoms with E-state index in [1.54, 1.807) is 26.2 Å². The van der Waals surface area contributed by atoms with Crippen molar-refractivity contribution in [3.8, 4) is 0 Å².